The van der Waals surface area contributed by atoms with Gasteiger partial charge in [0.25, 0.3) is 5.91 Å². The molecule has 0 aromatic carbocycles. The van der Waals surface area contributed by atoms with Crippen LogP contribution in [0, 0.1) is 6.92 Å². The predicted octanol–water partition coefficient (Wildman–Crippen LogP) is -0.165. The van der Waals surface area contributed by atoms with Gasteiger partial charge in [0.15, 0.2) is 0 Å². The van der Waals surface area contributed by atoms with Gasteiger partial charge in [0.05, 0.1) is 18.5 Å². The molecule has 0 saturated carbocycles. The first-order valence-corrected chi connectivity index (χ1v) is 6.37. The molecule has 0 spiro atoms. The molecule has 1 aliphatic rings. The number of anilines is 1. The lowest BCUT2D eigenvalue weighted by Gasteiger charge is -2.33. The molecule has 2 amide bonds. The molecular formula is C12H19N5O3. The second-order valence-electron chi connectivity index (χ2n) is 4.72. The Kier molecular flexibility index (Phi) is 3.82. The van der Waals surface area contributed by atoms with Crippen molar-refractivity contribution in [3.05, 3.63) is 11.4 Å². The van der Waals surface area contributed by atoms with Crippen molar-refractivity contribution in [1.29, 1.82) is 0 Å². The minimum atomic E-state index is -0.368. The number of carbonyl (C=O) groups excluding carboxylic acids is 2. The summed E-state index contributed by atoms with van der Waals surface area (Å²) in [6.07, 6.45) is -0.368. The smallest absolute Gasteiger partial charge is 0.409 e. The van der Waals surface area contributed by atoms with Crippen molar-refractivity contribution < 1.29 is 14.3 Å². The second-order valence-corrected chi connectivity index (χ2v) is 4.72. The third-order valence-corrected chi connectivity index (χ3v) is 3.47. The van der Waals surface area contributed by atoms with E-state index in [1.54, 1.807) is 23.8 Å². The lowest BCUT2D eigenvalue weighted by molar-refractivity contribution is 0.0591. The van der Waals surface area contributed by atoms with E-state index in [1.165, 1.54) is 11.8 Å². The summed E-state index contributed by atoms with van der Waals surface area (Å²) in [5.74, 6) is -0.157. The largest absolute Gasteiger partial charge is 0.453 e. The van der Waals surface area contributed by atoms with E-state index < -0.39 is 0 Å². The standard InChI is InChI=1S/C12H19N5O3/c1-8-9(13)10(15(2)14-8)11(18)16-4-6-17(7-5-16)12(19)20-3/h4-7,13H2,1-3H3. The minimum absolute atomic E-state index is 0.157. The topological polar surface area (TPSA) is 93.7 Å². The monoisotopic (exact) mass is 281 g/mol. The Hall–Kier alpha value is -2.25. The molecule has 0 unspecified atom stereocenters. The second kappa shape index (κ2) is 5.40. The van der Waals surface area contributed by atoms with Crippen molar-refractivity contribution in [2.45, 2.75) is 6.92 Å². The summed E-state index contributed by atoms with van der Waals surface area (Å²) >= 11 is 0. The highest BCUT2D eigenvalue weighted by Crippen LogP contribution is 2.18. The molecule has 1 saturated heterocycles. The summed E-state index contributed by atoms with van der Waals surface area (Å²) in [4.78, 5) is 27.1. The van der Waals surface area contributed by atoms with Crippen LogP contribution in [-0.4, -0.2) is 64.9 Å². The van der Waals surface area contributed by atoms with E-state index >= 15 is 0 Å². The van der Waals surface area contributed by atoms with E-state index in [4.69, 9.17) is 5.73 Å². The van der Waals surface area contributed by atoms with E-state index in [0.717, 1.165) is 0 Å². The van der Waals surface area contributed by atoms with Gasteiger partial charge in [-0.15, -0.1) is 0 Å². The van der Waals surface area contributed by atoms with Crippen molar-refractivity contribution in [1.82, 2.24) is 19.6 Å². The molecule has 1 aliphatic heterocycles. The van der Waals surface area contributed by atoms with Crippen molar-refractivity contribution in [3.8, 4) is 0 Å². The number of piperazine rings is 1. The first kappa shape index (κ1) is 14.2. The van der Waals surface area contributed by atoms with Crippen LogP contribution in [0.5, 0.6) is 0 Å². The number of nitrogen functional groups attached to an aromatic ring is 1. The summed E-state index contributed by atoms with van der Waals surface area (Å²) in [6.45, 7) is 3.58. The molecule has 1 fully saturated rings. The highest BCUT2D eigenvalue weighted by atomic mass is 16.5. The van der Waals surface area contributed by atoms with Gasteiger partial charge in [-0.3, -0.25) is 9.48 Å². The molecule has 2 N–H and O–H groups in total. The van der Waals surface area contributed by atoms with Gasteiger partial charge in [-0.05, 0) is 6.92 Å². The lowest BCUT2D eigenvalue weighted by atomic mass is 10.2. The third-order valence-electron chi connectivity index (χ3n) is 3.47. The van der Waals surface area contributed by atoms with Crippen molar-refractivity contribution in [3.63, 3.8) is 0 Å². The zero-order valence-electron chi connectivity index (χ0n) is 11.9. The van der Waals surface area contributed by atoms with Gasteiger partial charge in [-0.1, -0.05) is 0 Å². The van der Waals surface area contributed by atoms with Gasteiger partial charge in [-0.25, -0.2) is 4.79 Å². The van der Waals surface area contributed by atoms with Crippen LogP contribution in [0.2, 0.25) is 0 Å². The molecule has 8 nitrogen and oxygen atoms in total. The maximum absolute atomic E-state index is 12.5. The zero-order chi connectivity index (χ0) is 14.9. The highest BCUT2D eigenvalue weighted by Gasteiger charge is 2.28. The Bertz CT molecular complexity index is 531. The number of ether oxygens (including phenoxy) is 1. The van der Waals surface area contributed by atoms with Gasteiger partial charge in [0.1, 0.15) is 5.69 Å². The Morgan fingerprint density at radius 2 is 1.75 bits per heavy atom. The SMILES string of the molecule is COC(=O)N1CCN(C(=O)c2c(N)c(C)nn2C)CC1. The fourth-order valence-electron chi connectivity index (χ4n) is 2.30. The first-order chi connectivity index (χ1) is 9.45. The summed E-state index contributed by atoms with van der Waals surface area (Å²) in [5, 5.41) is 4.14. The van der Waals surface area contributed by atoms with Crippen molar-refractivity contribution >= 4 is 17.7 Å². The normalized spacial score (nSPS) is 15.3. The molecule has 0 atom stereocenters. The van der Waals surface area contributed by atoms with E-state index in [-0.39, 0.29) is 12.0 Å². The number of amides is 2. The zero-order valence-corrected chi connectivity index (χ0v) is 11.9. The molecule has 2 rings (SSSR count). The molecule has 0 radical (unpaired) electrons. The maximum atomic E-state index is 12.5. The van der Waals surface area contributed by atoms with Crippen LogP contribution in [0.3, 0.4) is 0 Å². The molecule has 2 heterocycles. The van der Waals surface area contributed by atoms with E-state index in [9.17, 15) is 9.59 Å². The molecule has 8 heteroatoms. The van der Waals surface area contributed by atoms with Crippen LogP contribution in [-0.2, 0) is 11.8 Å². The summed E-state index contributed by atoms with van der Waals surface area (Å²) in [7, 11) is 3.04. The fraction of sp³-hybridized carbons (Fsp3) is 0.583. The fourth-order valence-corrected chi connectivity index (χ4v) is 2.30. The van der Waals surface area contributed by atoms with Gasteiger partial charge in [0.2, 0.25) is 0 Å². The maximum Gasteiger partial charge on any atom is 0.409 e. The summed E-state index contributed by atoms with van der Waals surface area (Å²) in [6, 6.07) is 0. The molecule has 0 bridgehead atoms. The molecule has 1 aromatic rings. The summed E-state index contributed by atoms with van der Waals surface area (Å²) < 4.78 is 6.16. The number of nitrogens with two attached hydrogens (primary N) is 1. The predicted molar refractivity (Wildman–Crippen MR) is 72.2 cm³/mol. The van der Waals surface area contributed by atoms with Crippen LogP contribution >= 0.6 is 0 Å². The Balaban J connectivity index is 2.07. The average molecular weight is 281 g/mol. The number of aromatic nitrogens is 2. The van der Waals surface area contributed by atoms with Gasteiger partial charge < -0.3 is 20.3 Å². The Morgan fingerprint density at radius 3 is 2.20 bits per heavy atom. The van der Waals surface area contributed by atoms with Crippen LogP contribution in [0.4, 0.5) is 10.5 Å². The van der Waals surface area contributed by atoms with Crippen LogP contribution < -0.4 is 5.73 Å². The molecule has 110 valence electrons. The average Bonchev–Trinajstić information content (AvgIpc) is 2.71. The lowest BCUT2D eigenvalue weighted by Crippen LogP contribution is -2.50. The van der Waals surface area contributed by atoms with Crippen molar-refractivity contribution in [2.24, 2.45) is 7.05 Å². The quantitative estimate of drug-likeness (QED) is 0.771. The number of nitrogens with zero attached hydrogens (tertiary/aromatic N) is 4. The van der Waals surface area contributed by atoms with Gasteiger partial charge in [0, 0.05) is 33.2 Å². The Labute approximate surface area is 117 Å². The van der Waals surface area contributed by atoms with Crippen molar-refractivity contribution in [2.75, 3.05) is 39.0 Å². The highest BCUT2D eigenvalue weighted by molar-refractivity contribution is 5.98. The molecule has 1 aromatic heterocycles. The number of methoxy groups -OCH3 is 1. The van der Waals surface area contributed by atoms with Gasteiger partial charge >= 0.3 is 6.09 Å². The van der Waals surface area contributed by atoms with Gasteiger partial charge in [-0.2, -0.15) is 5.10 Å². The summed E-state index contributed by atoms with van der Waals surface area (Å²) in [5.41, 5.74) is 7.34. The molecule has 0 aliphatic carbocycles. The number of rotatable bonds is 1. The third kappa shape index (κ3) is 2.40. The minimum Gasteiger partial charge on any atom is -0.453 e. The molecular weight excluding hydrogens is 262 g/mol. The number of hydrogen-bond donors (Lipinski definition) is 1. The Morgan fingerprint density at radius 1 is 1.20 bits per heavy atom. The molecule has 20 heavy (non-hydrogen) atoms. The number of carbonyl (C=O) groups is 2. The number of hydrogen-bond acceptors (Lipinski definition) is 5. The first-order valence-electron chi connectivity index (χ1n) is 6.37. The number of aryl methyl sites for hydroxylation is 2. The van der Waals surface area contributed by atoms with E-state index in [1.807, 2.05) is 0 Å². The van der Waals surface area contributed by atoms with E-state index in [0.29, 0.717) is 43.3 Å². The van der Waals surface area contributed by atoms with E-state index in [2.05, 4.69) is 9.84 Å². The van der Waals surface area contributed by atoms with Crippen LogP contribution in [0.15, 0.2) is 0 Å². The van der Waals surface area contributed by atoms with Crippen LogP contribution in [0.25, 0.3) is 0 Å². The van der Waals surface area contributed by atoms with Crippen LogP contribution in [0.1, 0.15) is 16.2 Å².